The quantitative estimate of drug-likeness (QED) is 0.254. The summed E-state index contributed by atoms with van der Waals surface area (Å²) in [7, 11) is 1.52. The number of nitrogens with two attached hydrogens (primary N) is 1. The van der Waals surface area contributed by atoms with Crippen LogP contribution in [0.1, 0.15) is 25.0 Å². The fourth-order valence-electron chi connectivity index (χ4n) is 4.74. The third-order valence-corrected chi connectivity index (χ3v) is 6.83. The van der Waals surface area contributed by atoms with Crippen molar-refractivity contribution in [3.05, 3.63) is 78.5 Å². The Morgan fingerprint density at radius 1 is 1.05 bits per heavy atom. The number of hydrogen-bond donors (Lipinski definition) is 2. The lowest BCUT2D eigenvalue weighted by Gasteiger charge is -2.24. The number of nitrogens with one attached hydrogen (secondary N) is 1. The molecule has 4 aromatic rings. The Balaban J connectivity index is 1.37. The number of methoxy groups -OCH3 is 1. The molecule has 2 aromatic carbocycles. The molecule has 0 radical (unpaired) electrons. The van der Waals surface area contributed by atoms with Gasteiger partial charge in [0.25, 0.3) is 0 Å². The van der Waals surface area contributed by atoms with E-state index in [1.165, 1.54) is 44.7 Å². The number of halogens is 1. The fourth-order valence-corrected chi connectivity index (χ4v) is 4.74. The zero-order chi connectivity index (χ0) is 29.5. The van der Waals surface area contributed by atoms with Crippen LogP contribution < -0.4 is 20.5 Å². The van der Waals surface area contributed by atoms with Crippen LogP contribution in [0.25, 0.3) is 22.4 Å². The van der Waals surface area contributed by atoms with Gasteiger partial charge in [-0.05, 0) is 68.8 Å². The minimum Gasteiger partial charge on any atom is -0.496 e. The van der Waals surface area contributed by atoms with Crippen LogP contribution in [-0.2, 0) is 4.79 Å². The van der Waals surface area contributed by atoms with E-state index in [0.717, 1.165) is 19.6 Å². The number of aromatic nitrogens is 4. The molecule has 3 N–H and O–H groups in total. The molecule has 1 saturated heterocycles. The Morgan fingerprint density at radius 2 is 1.88 bits per heavy atom. The molecule has 1 fully saturated rings. The number of aryl methyl sites for hydroxylation is 1. The second-order valence-electron chi connectivity index (χ2n) is 9.89. The van der Waals surface area contributed by atoms with Gasteiger partial charge in [-0.25, -0.2) is 24.3 Å². The maximum absolute atomic E-state index is 15.1. The molecular formula is C31H32FN7O3. The van der Waals surface area contributed by atoms with Gasteiger partial charge < -0.3 is 20.5 Å². The third-order valence-electron chi connectivity index (χ3n) is 6.83. The summed E-state index contributed by atoms with van der Waals surface area (Å²) in [6.07, 6.45) is 10.2. The Morgan fingerprint density at radius 3 is 2.64 bits per heavy atom. The summed E-state index contributed by atoms with van der Waals surface area (Å²) in [5, 5.41) is 2.87. The maximum atomic E-state index is 15.1. The molecule has 1 aliphatic heterocycles. The summed E-state index contributed by atoms with van der Waals surface area (Å²) in [6, 6.07) is 11.5. The molecule has 216 valence electrons. The van der Waals surface area contributed by atoms with Crippen molar-refractivity contribution in [3.8, 4) is 39.9 Å². The van der Waals surface area contributed by atoms with Crippen LogP contribution >= 0.6 is 0 Å². The van der Waals surface area contributed by atoms with Crippen molar-refractivity contribution in [1.82, 2.24) is 24.8 Å². The van der Waals surface area contributed by atoms with Gasteiger partial charge >= 0.3 is 6.01 Å². The standard InChI is InChI=1S/C31H32FN7O3/c1-20-12-13-34-31(36-20)42-26-11-8-21(17-25(26)32)24-19-35-30(33)38-29(24)23-10-9-22(18-27(23)41-2)37-28(40)7-6-16-39-14-4-3-5-15-39/h6-13,17-19H,3-5,14-16H2,1-2H3,(H,37,40)(H2,33,35,38)/b7-6+. The molecule has 10 nitrogen and oxygen atoms in total. The van der Waals surface area contributed by atoms with E-state index in [9.17, 15) is 4.79 Å². The molecule has 0 spiro atoms. The van der Waals surface area contributed by atoms with Crippen LogP contribution in [0, 0.1) is 12.7 Å². The van der Waals surface area contributed by atoms with Crippen molar-refractivity contribution in [2.45, 2.75) is 26.2 Å². The highest BCUT2D eigenvalue weighted by atomic mass is 19.1. The molecule has 5 rings (SSSR count). The highest BCUT2D eigenvalue weighted by molar-refractivity contribution is 5.99. The number of nitrogens with zero attached hydrogens (tertiary/aromatic N) is 5. The predicted octanol–water partition coefficient (Wildman–Crippen LogP) is 5.41. The van der Waals surface area contributed by atoms with Crippen molar-refractivity contribution < 1.29 is 18.7 Å². The monoisotopic (exact) mass is 569 g/mol. The van der Waals surface area contributed by atoms with Crippen LogP contribution in [0.5, 0.6) is 17.5 Å². The van der Waals surface area contributed by atoms with E-state index in [1.54, 1.807) is 49.5 Å². The summed E-state index contributed by atoms with van der Waals surface area (Å²) in [4.78, 5) is 31.6. The Labute approximate surface area is 243 Å². The number of nitrogen functional groups attached to an aromatic ring is 1. The zero-order valence-electron chi connectivity index (χ0n) is 23.5. The molecule has 0 bridgehead atoms. The average molecular weight is 570 g/mol. The molecule has 0 aliphatic carbocycles. The van der Waals surface area contributed by atoms with Crippen molar-refractivity contribution in [1.29, 1.82) is 0 Å². The SMILES string of the molecule is COc1cc(NC(=O)/C=C/CN2CCCCC2)ccc1-c1nc(N)ncc1-c1ccc(Oc2nccc(C)n2)c(F)c1. The lowest BCUT2D eigenvalue weighted by atomic mass is 9.99. The van der Waals surface area contributed by atoms with E-state index >= 15 is 4.39 Å². The summed E-state index contributed by atoms with van der Waals surface area (Å²) in [5.74, 6) is -0.378. The van der Waals surface area contributed by atoms with Crippen molar-refractivity contribution >= 4 is 17.5 Å². The second kappa shape index (κ2) is 13.2. The van der Waals surface area contributed by atoms with E-state index in [2.05, 4.69) is 30.2 Å². The molecular weight excluding hydrogens is 537 g/mol. The third kappa shape index (κ3) is 7.05. The van der Waals surface area contributed by atoms with Gasteiger partial charge in [-0.2, -0.15) is 0 Å². The summed E-state index contributed by atoms with van der Waals surface area (Å²) >= 11 is 0. The normalized spacial score (nSPS) is 13.7. The first-order chi connectivity index (χ1) is 20.4. The first kappa shape index (κ1) is 28.6. The number of ether oxygens (including phenoxy) is 2. The Kier molecular flexibility index (Phi) is 8.98. The van der Waals surface area contributed by atoms with Gasteiger partial charge in [-0.1, -0.05) is 18.6 Å². The van der Waals surface area contributed by atoms with Crippen LogP contribution in [0.15, 0.2) is 67.0 Å². The number of benzene rings is 2. The Bertz CT molecular complexity index is 1610. The van der Waals surface area contributed by atoms with Gasteiger partial charge in [-0.15, -0.1) is 0 Å². The van der Waals surface area contributed by atoms with Crippen molar-refractivity contribution in [2.24, 2.45) is 0 Å². The second-order valence-corrected chi connectivity index (χ2v) is 9.89. The van der Waals surface area contributed by atoms with E-state index in [4.69, 9.17) is 15.2 Å². The van der Waals surface area contributed by atoms with Gasteiger partial charge in [0.1, 0.15) is 5.75 Å². The molecule has 42 heavy (non-hydrogen) atoms. The molecule has 11 heteroatoms. The van der Waals surface area contributed by atoms with Gasteiger partial charge in [0.15, 0.2) is 11.6 Å². The van der Waals surface area contributed by atoms with Crippen LogP contribution in [0.3, 0.4) is 0 Å². The molecule has 1 amide bonds. The van der Waals surface area contributed by atoms with Crippen LogP contribution in [0.2, 0.25) is 0 Å². The van der Waals surface area contributed by atoms with E-state index in [0.29, 0.717) is 39.5 Å². The summed E-state index contributed by atoms with van der Waals surface area (Å²) in [5.41, 5.74) is 9.25. The van der Waals surface area contributed by atoms with Gasteiger partial charge in [0.05, 0.1) is 12.8 Å². The number of hydrogen-bond acceptors (Lipinski definition) is 9. The number of carbonyl (C=O) groups is 1. The maximum Gasteiger partial charge on any atom is 0.322 e. The molecule has 3 heterocycles. The molecule has 0 saturated carbocycles. The van der Waals surface area contributed by atoms with E-state index in [1.807, 2.05) is 6.08 Å². The highest BCUT2D eigenvalue weighted by Gasteiger charge is 2.18. The molecule has 1 aliphatic rings. The predicted molar refractivity (Wildman–Crippen MR) is 159 cm³/mol. The van der Waals surface area contributed by atoms with Crippen LogP contribution in [0.4, 0.5) is 16.0 Å². The highest BCUT2D eigenvalue weighted by Crippen LogP contribution is 2.38. The number of anilines is 2. The number of carbonyl (C=O) groups excluding carboxylic acids is 1. The minimum atomic E-state index is -0.612. The fraction of sp³-hybridized carbons (Fsp3) is 0.258. The van der Waals surface area contributed by atoms with Gasteiger partial charge in [-0.3, -0.25) is 9.69 Å². The van der Waals surface area contributed by atoms with Crippen molar-refractivity contribution in [2.75, 3.05) is 37.8 Å². The average Bonchev–Trinajstić information content (AvgIpc) is 2.99. The first-order valence-electron chi connectivity index (χ1n) is 13.7. The number of amides is 1. The topological polar surface area (TPSA) is 128 Å². The summed E-state index contributed by atoms with van der Waals surface area (Å²) in [6.45, 7) is 4.67. The molecule has 0 atom stereocenters. The minimum absolute atomic E-state index is 0.0232. The number of piperidine rings is 1. The van der Waals surface area contributed by atoms with Crippen LogP contribution in [-0.4, -0.2) is 57.5 Å². The number of likely N-dealkylation sites (tertiary alicyclic amines) is 1. The largest absolute Gasteiger partial charge is 0.496 e. The van der Waals surface area contributed by atoms with E-state index in [-0.39, 0.29) is 23.6 Å². The van der Waals surface area contributed by atoms with Crippen molar-refractivity contribution in [3.63, 3.8) is 0 Å². The lowest BCUT2D eigenvalue weighted by Crippen LogP contribution is -2.29. The smallest absolute Gasteiger partial charge is 0.322 e. The van der Waals surface area contributed by atoms with E-state index < -0.39 is 5.82 Å². The Hall–Kier alpha value is -4.90. The lowest BCUT2D eigenvalue weighted by molar-refractivity contribution is -0.111. The van der Waals surface area contributed by atoms with Gasteiger partial charge in [0, 0.05) is 53.6 Å². The molecule has 2 aromatic heterocycles. The zero-order valence-corrected chi connectivity index (χ0v) is 23.5. The van der Waals surface area contributed by atoms with Gasteiger partial charge in [0.2, 0.25) is 11.9 Å². The molecule has 0 unspecified atom stereocenters. The number of rotatable bonds is 9. The first-order valence-corrected chi connectivity index (χ1v) is 13.7. The summed E-state index contributed by atoms with van der Waals surface area (Å²) < 4.78 is 26.3.